The SMILES string of the molecule is N#CC(c1nc(-c2ccccc2)sc1-c1ccccc1)S(=O)(=O)c1ccccc1. The first-order valence-electron chi connectivity index (χ1n) is 8.91. The normalized spacial score (nSPS) is 12.2. The van der Waals surface area contributed by atoms with Crippen LogP contribution in [0.25, 0.3) is 21.0 Å². The van der Waals surface area contributed by atoms with Gasteiger partial charge in [-0.15, -0.1) is 11.3 Å². The maximum absolute atomic E-state index is 13.2. The minimum absolute atomic E-state index is 0.111. The Hall–Kier alpha value is -3.27. The van der Waals surface area contributed by atoms with Crippen molar-refractivity contribution in [3.8, 4) is 27.1 Å². The lowest BCUT2D eigenvalue weighted by Crippen LogP contribution is -2.13. The summed E-state index contributed by atoms with van der Waals surface area (Å²) in [6.07, 6.45) is 0. The van der Waals surface area contributed by atoms with Crippen LogP contribution < -0.4 is 0 Å². The number of hydrogen-bond acceptors (Lipinski definition) is 5. The van der Waals surface area contributed by atoms with Crippen molar-refractivity contribution in [2.24, 2.45) is 0 Å². The van der Waals surface area contributed by atoms with Gasteiger partial charge in [-0.05, 0) is 17.7 Å². The van der Waals surface area contributed by atoms with Gasteiger partial charge in [0.05, 0.1) is 21.5 Å². The Labute approximate surface area is 173 Å². The van der Waals surface area contributed by atoms with E-state index in [2.05, 4.69) is 4.98 Å². The molecule has 1 atom stereocenters. The summed E-state index contributed by atoms with van der Waals surface area (Å²) in [4.78, 5) is 5.44. The van der Waals surface area contributed by atoms with E-state index in [1.165, 1.54) is 23.5 Å². The Morgan fingerprint density at radius 3 is 1.86 bits per heavy atom. The lowest BCUT2D eigenvalue weighted by atomic mass is 10.1. The Morgan fingerprint density at radius 2 is 1.31 bits per heavy atom. The molecule has 4 nitrogen and oxygen atoms in total. The molecule has 4 rings (SSSR count). The third-order valence-electron chi connectivity index (χ3n) is 4.46. The highest BCUT2D eigenvalue weighted by atomic mass is 32.2. The Bertz CT molecular complexity index is 1260. The molecule has 0 radical (unpaired) electrons. The third kappa shape index (κ3) is 3.70. The minimum Gasteiger partial charge on any atom is -0.238 e. The van der Waals surface area contributed by atoms with Gasteiger partial charge in [0, 0.05) is 5.56 Å². The van der Waals surface area contributed by atoms with Crippen LogP contribution in [0.1, 0.15) is 10.9 Å². The van der Waals surface area contributed by atoms with Crippen molar-refractivity contribution < 1.29 is 8.42 Å². The van der Waals surface area contributed by atoms with Gasteiger partial charge in [0.2, 0.25) is 0 Å². The second kappa shape index (κ2) is 8.00. The van der Waals surface area contributed by atoms with Crippen molar-refractivity contribution in [2.75, 3.05) is 0 Å². The van der Waals surface area contributed by atoms with Gasteiger partial charge in [0.15, 0.2) is 15.1 Å². The first-order chi connectivity index (χ1) is 14.1. The quantitative estimate of drug-likeness (QED) is 0.430. The van der Waals surface area contributed by atoms with E-state index in [9.17, 15) is 13.7 Å². The van der Waals surface area contributed by atoms with Crippen LogP contribution in [0.15, 0.2) is 95.9 Å². The highest BCUT2D eigenvalue weighted by molar-refractivity contribution is 7.92. The van der Waals surface area contributed by atoms with Gasteiger partial charge in [0.1, 0.15) is 5.01 Å². The molecule has 6 heteroatoms. The van der Waals surface area contributed by atoms with Crippen LogP contribution in [-0.4, -0.2) is 13.4 Å². The highest BCUT2D eigenvalue weighted by Gasteiger charge is 2.34. The fourth-order valence-corrected chi connectivity index (χ4v) is 5.63. The van der Waals surface area contributed by atoms with E-state index in [0.717, 1.165) is 11.1 Å². The lowest BCUT2D eigenvalue weighted by molar-refractivity contribution is 0.590. The fourth-order valence-electron chi connectivity index (χ4n) is 3.03. The van der Waals surface area contributed by atoms with Crippen LogP contribution in [0.5, 0.6) is 0 Å². The maximum Gasteiger partial charge on any atom is 0.200 e. The van der Waals surface area contributed by atoms with Crippen LogP contribution in [-0.2, 0) is 9.84 Å². The number of hydrogen-bond donors (Lipinski definition) is 0. The molecule has 0 spiro atoms. The van der Waals surface area contributed by atoms with Gasteiger partial charge in [-0.25, -0.2) is 13.4 Å². The molecular weight excluding hydrogens is 400 g/mol. The zero-order chi connectivity index (χ0) is 20.3. The van der Waals surface area contributed by atoms with Crippen molar-refractivity contribution >= 4 is 21.2 Å². The zero-order valence-corrected chi connectivity index (χ0v) is 16.9. The van der Waals surface area contributed by atoms with Crippen molar-refractivity contribution in [3.05, 3.63) is 96.7 Å². The van der Waals surface area contributed by atoms with E-state index in [4.69, 9.17) is 0 Å². The summed E-state index contributed by atoms with van der Waals surface area (Å²) in [6.45, 7) is 0. The third-order valence-corrected chi connectivity index (χ3v) is 7.51. The smallest absolute Gasteiger partial charge is 0.200 e. The van der Waals surface area contributed by atoms with Crippen molar-refractivity contribution in [2.45, 2.75) is 10.1 Å². The molecule has 142 valence electrons. The molecule has 0 saturated heterocycles. The van der Waals surface area contributed by atoms with E-state index >= 15 is 0 Å². The monoisotopic (exact) mass is 416 g/mol. The molecule has 1 unspecified atom stereocenters. The molecule has 0 N–H and O–H groups in total. The summed E-state index contributed by atoms with van der Waals surface area (Å²) >= 11 is 1.39. The van der Waals surface area contributed by atoms with E-state index in [1.54, 1.807) is 18.2 Å². The van der Waals surface area contributed by atoms with Gasteiger partial charge in [-0.1, -0.05) is 78.9 Å². The number of thiazole rings is 1. The van der Waals surface area contributed by atoms with Crippen molar-refractivity contribution in [1.29, 1.82) is 5.26 Å². The predicted octanol–water partition coefficient (Wildman–Crippen LogP) is 5.52. The molecule has 1 heterocycles. The molecule has 0 aliphatic heterocycles. The number of aromatic nitrogens is 1. The van der Waals surface area contributed by atoms with Gasteiger partial charge in [-0.2, -0.15) is 5.26 Å². The summed E-state index contributed by atoms with van der Waals surface area (Å²) < 4.78 is 26.5. The van der Waals surface area contributed by atoms with Crippen LogP contribution in [0, 0.1) is 11.3 Å². The molecule has 0 aliphatic rings. The molecule has 3 aromatic carbocycles. The fraction of sp³-hybridized carbons (Fsp3) is 0.0435. The van der Waals surface area contributed by atoms with Crippen LogP contribution in [0.2, 0.25) is 0 Å². The van der Waals surface area contributed by atoms with Crippen LogP contribution in [0.3, 0.4) is 0 Å². The minimum atomic E-state index is -3.92. The first kappa shape index (κ1) is 19.1. The number of nitrogens with zero attached hydrogens (tertiary/aromatic N) is 2. The Kier molecular flexibility index (Phi) is 5.26. The molecular formula is C23H16N2O2S2. The second-order valence-electron chi connectivity index (χ2n) is 6.33. The predicted molar refractivity (Wildman–Crippen MR) is 115 cm³/mol. The first-order valence-corrected chi connectivity index (χ1v) is 11.3. The number of rotatable bonds is 5. The molecule has 1 aromatic heterocycles. The van der Waals surface area contributed by atoms with Gasteiger partial charge in [-0.3, -0.25) is 0 Å². The molecule has 0 fully saturated rings. The van der Waals surface area contributed by atoms with Crippen molar-refractivity contribution in [1.82, 2.24) is 4.98 Å². The standard InChI is InChI=1S/C23H16N2O2S2/c24-16-20(29(26,27)19-14-8-3-9-15-19)21-22(17-10-4-1-5-11-17)28-23(25-21)18-12-6-2-7-13-18/h1-15,20H. The zero-order valence-electron chi connectivity index (χ0n) is 15.3. The van der Waals surface area contributed by atoms with Crippen LogP contribution in [0.4, 0.5) is 0 Å². The van der Waals surface area contributed by atoms with Gasteiger partial charge in [0.25, 0.3) is 0 Å². The second-order valence-corrected chi connectivity index (χ2v) is 9.36. The van der Waals surface area contributed by atoms with E-state index in [1.807, 2.05) is 66.7 Å². The molecule has 29 heavy (non-hydrogen) atoms. The molecule has 0 aliphatic carbocycles. The Balaban J connectivity index is 1.92. The number of nitriles is 1. The average molecular weight is 417 g/mol. The number of sulfone groups is 1. The van der Waals surface area contributed by atoms with Gasteiger partial charge >= 0.3 is 0 Å². The van der Waals surface area contributed by atoms with Gasteiger partial charge < -0.3 is 0 Å². The van der Waals surface area contributed by atoms with Crippen LogP contribution >= 0.6 is 11.3 Å². The largest absolute Gasteiger partial charge is 0.238 e. The highest BCUT2D eigenvalue weighted by Crippen LogP contribution is 2.41. The van der Waals surface area contributed by atoms with Crippen molar-refractivity contribution in [3.63, 3.8) is 0 Å². The van der Waals surface area contributed by atoms with E-state index in [0.29, 0.717) is 9.88 Å². The summed E-state index contributed by atoms with van der Waals surface area (Å²) in [5, 5.41) is 9.15. The van der Waals surface area contributed by atoms with E-state index < -0.39 is 15.1 Å². The molecule has 0 saturated carbocycles. The number of benzene rings is 3. The topological polar surface area (TPSA) is 70.8 Å². The van der Waals surface area contributed by atoms with E-state index in [-0.39, 0.29) is 10.6 Å². The molecule has 0 bridgehead atoms. The summed E-state index contributed by atoms with van der Waals surface area (Å²) in [5.74, 6) is 0. The lowest BCUT2D eigenvalue weighted by Gasteiger charge is -2.11. The average Bonchev–Trinajstić information content (AvgIpc) is 3.21. The molecule has 0 amide bonds. The molecule has 4 aromatic rings. The maximum atomic E-state index is 13.2. The Morgan fingerprint density at radius 1 is 0.793 bits per heavy atom. The summed E-state index contributed by atoms with van der Waals surface area (Å²) in [7, 11) is -3.92. The summed E-state index contributed by atoms with van der Waals surface area (Å²) in [6, 6.07) is 29.1. The summed E-state index contributed by atoms with van der Waals surface area (Å²) in [5.41, 5.74) is 1.99.